The summed E-state index contributed by atoms with van der Waals surface area (Å²) in [7, 11) is 1.34. The second-order valence-electron chi connectivity index (χ2n) is 9.16. The first-order valence-electron chi connectivity index (χ1n) is 12.3. The van der Waals surface area contributed by atoms with E-state index in [-0.39, 0.29) is 29.2 Å². The van der Waals surface area contributed by atoms with Crippen molar-refractivity contribution in [3.05, 3.63) is 56.2 Å². The van der Waals surface area contributed by atoms with E-state index in [1.165, 1.54) is 17.7 Å². The second kappa shape index (κ2) is 10.8. The minimum absolute atomic E-state index is 0.0186. The van der Waals surface area contributed by atoms with Gasteiger partial charge in [0.2, 0.25) is 5.95 Å². The largest absolute Gasteiger partial charge is 0.353 e. The maximum atomic E-state index is 13.7. The van der Waals surface area contributed by atoms with Gasteiger partial charge in [0.25, 0.3) is 5.56 Å². The number of fused-ring (bicyclic) bond motifs is 1. The normalized spacial score (nSPS) is 15.9. The molecule has 2 N–H and O–H groups in total. The molecule has 4 rings (SSSR count). The second-order valence-corrected chi connectivity index (χ2v) is 9.16. The highest BCUT2D eigenvalue weighted by Crippen LogP contribution is 2.25. The predicted octanol–water partition coefficient (Wildman–Crippen LogP) is 1.48. The Kier molecular flexibility index (Phi) is 7.74. The highest BCUT2D eigenvalue weighted by Gasteiger charge is 2.34. The molecule has 1 aromatic carbocycles. The lowest BCUT2D eigenvalue weighted by Gasteiger charge is -2.47. The molecule has 1 saturated heterocycles. The van der Waals surface area contributed by atoms with Crippen LogP contribution in [-0.4, -0.2) is 67.5 Å². The molecule has 12 heteroatoms. The molecule has 1 aliphatic heterocycles. The zero-order chi connectivity index (χ0) is 25.9. The van der Waals surface area contributed by atoms with Crippen molar-refractivity contribution in [1.82, 2.24) is 34.5 Å². The fourth-order valence-corrected chi connectivity index (χ4v) is 4.85. The number of hydrogen-bond donors (Lipinski definition) is 2. The van der Waals surface area contributed by atoms with Crippen molar-refractivity contribution in [2.24, 2.45) is 7.05 Å². The number of anilines is 1. The van der Waals surface area contributed by atoms with E-state index in [2.05, 4.69) is 44.6 Å². The van der Waals surface area contributed by atoms with E-state index in [9.17, 15) is 18.4 Å². The van der Waals surface area contributed by atoms with Crippen LogP contribution in [0.3, 0.4) is 0 Å². The van der Waals surface area contributed by atoms with Gasteiger partial charge in [0, 0.05) is 45.3 Å². The van der Waals surface area contributed by atoms with Crippen LogP contribution >= 0.6 is 0 Å². The number of hydrogen-bond acceptors (Lipinski definition) is 8. The lowest BCUT2D eigenvalue weighted by Crippen LogP contribution is -2.60. The summed E-state index contributed by atoms with van der Waals surface area (Å²) in [4.78, 5) is 32.4. The zero-order valence-corrected chi connectivity index (χ0v) is 20.9. The van der Waals surface area contributed by atoms with Crippen molar-refractivity contribution in [3.63, 3.8) is 0 Å². The van der Waals surface area contributed by atoms with Crippen molar-refractivity contribution >= 4 is 17.1 Å². The maximum Gasteiger partial charge on any atom is 0.332 e. The van der Waals surface area contributed by atoms with E-state index in [4.69, 9.17) is 0 Å². The number of aromatic nitrogens is 5. The van der Waals surface area contributed by atoms with Crippen LogP contribution in [0.5, 0.6) is 0 Å². The van der Waals surface area contributed by atoms with E-state index < -0.39 is 22.9 Å². The van der Waals surface area contributed by atoms with E-state index in [0.29, 0.717) is 12.1 Å². The Morgan fingerprint density at radius 2 is 1.92 bits per heavy atom. The fraction of sp³-hybridized carbons (Fsp3) is 0.542. The van der Waals surface area contributed by atoms with Gasteiger partial charge in [-0.25, -0.2) is 18.6 Å². The molecule has 1 fully saturated rings. The first kappa shape index (κ1) is 25.8. The van der Waals surface area contributed by atoms with Gasteiger partial charge in [-0.2, -0.15) is 0 Å². The molecular weight excluding hydrogens is 470 g/mol. The molecule has 3 heterocycles. The highest BCUT2D eigenvalue weighted by molar-refractivity contribution is 5.69. The van der Waals surface area contributed by atoms with Crippen LogP contribution < -0.4 is 21.9 Å². The first-order valence-corrected chi connectivity index (χ1v) is 12.3. The molecule has 0 amide bonds. The van der Waals surface area contributed by atoms with Crippen LogP contribution in [0.1, 0.15) is 38.7 Å². The lowest BCUT2D eigenvalue weighted by atomic mass is 9.88. The van der Waals surface area contributed by atoms with Gasteiger partial charge in [-0.3, -0.25) is 18.8 Å². The summed E-state index contributed by atoms with van der Waals surface area (Å²) in [6.07, 6.45) is 3.02. The van der Waals surface area contributed by atoms with Gasteiger partial charge in [-0.15, -0.1) is 10.2 Å². The molecule has 3 aromatic rings. The van der Waals surface area contributed by atoms with Gasteiger partial charge in [0.1, 0.15) is 0 Å². The smallest absolute Gasteiger partial charge is 0.332 e. The summed E-state index contributed by atoms with van der Waals surface area (Å²) < 4.78 is 29.1. The fourth-order valence-electron chi connectivity index (χ4n) is 4.85. The quantitative estimate of drug-likeness (QED) is 0.424. The summed E-state index contributed by atoms with van der Waals surface area (Å²) in [6.45, 7) is 8.81. The maximum absolute atomic E-state index is 13.7. The molecule has 0 saturated carbocycles. The molecular formula is C24H32F2N8O2. The predicted molar refractivity (Wildman–Crippen MR) is 133 cm³/mol. The minimum Gasteiger partial charge on any atom is -0.353 e. The van der Waals surface area contributed by atoms with Gasteiger partial charge >= 0.3 is 5.69 Å². The number of nitrogens with zero attached hydrogens (tertiary/aromatic N) is 6. The van der Waals surface area contributed by atoms with Gasteiger partial charge in [-0.05, 0) is 37.0 Å². The molecule has 0 aliphatic carbocycles. The van der Waals surface area contributed by atoms with Crippen LogP contribution in [0.2, 0.25) is 0 Å². The topological polar surface area (TPSA) is 110 Å². The number of benzene rings is 1. The van der Waals surface area contributed by atoms with E-state index in [0.717, 1.165) is 62.1 Å². The molecule has 0 unspecified atom stereocenters. The van der Waals surface area contributed by atoms with E-state index in [1.54, 1.807) is 0 Å². The molecule has 0 radical (unpaired) electrons. The molecule has 36 heavy (non-hydrogen) atoms. The first-order chi connectivity index (χ1) is 17.3. The van der Waals surface area contributed by atoms with Crippen LogP contribution in [0.25, 0.3) is 11.2 Å². The van der Waals surface area contributed by atoms with Crippen LogP contribution in [0.15, 0.2) is 27.8 Å². The Morgan fingerprint density at radius 1 is 1.14 bits per heavy atom. The number of nitrogens with one attached hydrogen (secondary N) is 2. The molecule has 10 nitrogen and oxygen atoms in total. The summed E-state index contributed by atoms with van der Waals surface area (Å²) in [5, 5.41) is 14.8. The Labute approximate surface area is 207 Å². The molecule has 2 aromatic heterocycles. The summed E-state index contributed by atoms with van der Waals surface area (Å²) >= 11 is 0. The van der Waals surface area contributed by atoms with Gasteiger partial charge in [-0.1, -0.05) is 19.9 Å². The number of halogens is 2. The molecule has 1 aliphatic rings. The zero-order valence-electron chi connectivity index (χ0n) is 20.9. The number of rotatable bonds is 9. The summed E-state index contributed by atoms with van der Waals surface area (Å²) in [5.41, 5.74) is -0.803. The van der Waals surface area contributed by atoms with Gasteiger partial charge < -0.3 is 10.6 Å². The molecule has 194 valence electrons. The van der Waals surface area contributed by atoms with Crippen LogP contribution in [0.4, 0.5) is 14.7 Å². The number of piperazine rings is 1. The Morgan fingerprint density at radius 3 is 2.64 bits per heavy atom. The SMILES string of the molecule is CCC1(CC)CNCCN1CCCNc1nnc2c(n1)c(=O)n(C)c(=O)n2Cc1ccc(F)c(F)c1. The van der Waals surface area contributed by atoms with Crippen LogP contribution in [-0.2, 0) is 13.6 Å². The molecule has 0 atom stereocenters. The van der Waals surface area contributed by atoms with E-state index >= 15 is 0 Å². The Bertz CT molecular complexity index is 1350. The van der Waals surface area contributed by atoms with Crippen molar-refractivity contribution in [1.29, 1.82) is 0 Å². The summed E-state index contributed by atoms with van der Waals surface area (Å²) in [5.74, 6) is -1.82. The van der Waals surface area contributed by atoms with Crippen molar-refractivity contribution in [3.8, 4) is 0 Å². The van der Waals surface area contributed by atoms with Crippen molar-refractivity contribution in [2.75, 3.05) is 38.0 Å². The molecule has 0 spiro atoms. The monoisotopic (exact) mass is 502 g/mol. The standard InChI is InChI=1S/C24H32F2N8O2/c1-4-24(5-2)15-27-10-12-33(24)11-6-9-28-22-29-19-20(30-31-22)34(23(36)32(3)21(19)35)14-16-7-8-17(25)18(26)13-16/h7-8,13,27H,4-6,9-12,14-15H2,1-3H3,(H,28,29,31). The average Bonchev–Trinajstić information content (AvgIpc) is 2.90. The Balaban J connectivity index is 1.51. The van der Waals surface area contributed by atoms with Crippen LogP contribution in [0, 0.1) is 11.6 Å². The van der Waals surface area contributed by atoms with Gasteiger partial charge in [0.15, 0.2) is 22.8 Å². The third kappa shape index (κ3) is 5.00. The van der Waals surface area contributed by atoms with Gasteiger partial charge in [0.05, 0.1) is 6.54 Å². The average molecular weight is 503 g/mol. The summed E-state index contributed by atoms with van der Waals surface area (Å²) in [6, 6.07) is 3.35. The molecule has 0 bridgehead atoms. The lowest BCUT2D eigenvalue weighted by molar-refractivity contribution is 0.0520. The van der Waals surface area contributed by atoms with Crippen molar-refractivity contribution in [2.45, 2.75) is 45.2 Å². The van der Waals surface area contributed by atoms with E-state index in [1.807, 2.05) is 0 Å². The van der Waals surface area contributed by atoms with Crippen molar-refractivity contribution < 1.29 is 8.78 Å². The third-order valence-electron chi connectivity index (χ3n) is 7.16. The Hall–Kier alpha value is -3.25. The third-order valence-corrected chi connectivity index (χ3v) is 7.16. The highest BCUT2D eigenvalue weighted by atomic mass is 19.2. The minimum atomic E-state index is -1.03.